The number of ether oxygens (including phenoxy) is 1. The normalized spacial score (nSPS) is 11.4. The number of rotatable bonds is 3. The Hall–Kier alpha value is -3.14. The van der Waals surface area contributed by atoms with Crippen molar-refractivity contribution in [1.29, 1.82) is 5.26 Å². The number of carbonyl (C=O) groups is 1. The first kappa shape index (κ1) is 14.3. The maximum Gasteiger partial charge on any atom is 0.333 e. The molecule has 21 heavy (non-hydrogen) atoms. The van der Waals surface area contributed by atoms with Gasteiger partial charge in [0.2, 0.25) is 0 Å². The van der Waals surface area contributed by atoms with Crippen LogP contribution in [0.3, 0.4) is 0 Å². The molecule has 2 rings (SSSR count). The largest absolute Gasteiger partial charge is 0.467 e. The molecule has 1 aromatic heterocycles. The van der Waals surface area contributed by atoms with E-state index in [1.165, 1.54) is 7.11 Å². The average Bonchev–Trinajstić information content (AvgIpc) is 2.50. The van der Waals surface area contributed by atoms with Gasteiger partial charge in [-0.25, -0.2) is 9.59 Å². The number of nitrogens with one attached hydrogen (secondary N) is 1. The van der Waals surface area contributed by atoms with Crippen molar-refractivity contribution in [2.75, 3.05) is 7.11 Å². The third-order valence-electron chi connectivity index (χ3n) is 2.91. The summed E-state index contributed by atoms with van der Waals surface area (Å²) in [6.07, 6.45) is 1.05. The van der Waals surface area contributed by atoms with Crippen LogP contribution in [0.25, 0.3) is 0 Å². The molecule has 1 aromatic carbocycles. The van der Waals surface area contributed by atoms with E-state index < -0.39 is 23.3 Å². The Balaban J connectivity index is 2.69. The summed E-state index contributed by atoms with van der Waals surface area (Å²) in [7, 11) is 1.19. The summed E-state index contributed by atoms with van der Waals surface area (Å²) in [5.74, 6) is -0.681. The van der Waals surface area contributed by atoms with Gasteiger partial charge in [-0.3, -0.25) is 14.3 Å². The van der Waals surface area contributed by atoms with Crippen LogP contribution < -0.4 is 11.2 Å². The van der Waals surface area contributed by atoms with Crippen molar-refractivity contribution in [3.8, 4) is 6.07 Å². The lowest BCUT2D eigenvalue weighted by Crippen LogP contribution is -2.37. The zero-order valence-electron chi connectivity index (χ0n) is 11.1. The van der Waals surface area contributed by atoms with E-state index in [-0.39, 0.29) is 5.56 Å². The Bertz CT molecular complexity index is 815. The molecule has 1 heterocycles. The standard InChI is InChI=1S/C14H11N3O4/c1-21-13(19)11(9-5-3-2-4-6-9)17-8-10(7-15)12(18)16-14(17)20/h2-6,8,11H,1H3,(H,16,18,20). The van der Waals surface area contributed by atoms with Crippen LogP contribution in [-0.4, -0.2) is 22.6 Å². The molecule has 0 amide bonds. The van der Waals surface area contributed by atoms with Gasteiger partial charge in [0.25, 0.3) is 5.56 Å². The van der Waals surface area contributed by atoms with Gasteiger partial charge in [0, 0.05) is 6.20 Å². The zero-order valence-corrected chi connectivity index (χ0v) is 11.1. The molecule has 0 spiro atoms. The Morgan fingerprint density at radius 3 is 2.57 bits per heavy atom. The van der Waals surface area contributed by atoms with E-state index >= 15 is 0 Å². The molecule has 0 bridgehead atoms. The summed E-state index contributed by atoms with van der Waals surface area (Å²) in [6.45, 7) is 0. The second-order valence-corrected chi connectivity index (χ2v) is 4.16. The number of aromatic nitrogens is 2. The molecular weight excluding hydrogens is 274 g/mol. The third-order valence-corrected chi connectivity index (χ3v) is 2.91. The van der Waals surface area contributed by atoms with Gasteiger partial charge in [0.1, 0.15) is 11.6 Å². The monoisotopic (exact) mass is 285 g/mol. The highest BCUT2D eigenvalue weighted by Crippen LogP contribution is 2.17. The summed E-state index contributed by atoms with van der Waals surface area (Å²) in [6, 6.07) is 9.04. The molecule has 0 fully saturated rings. The van der Waals surface area contributed by atoms with Crippen molar-refractivity contribution in [2.45, 2.75) is 6.04 Å². The van der Waals surface area contributed by atoms with E-state index in [1.54, 1.807) is 36.4 Å². The number of esters is 1. The molecule has 1 N–H and O–H groups in total. The Morgan fingerprint density at radius 1 is 1.33 bits per heavy atom. The van der Waals surface area contributed by atoms with E-state index in [2.05, 4.69) is 0 Å². The van der Waals surface area contributed by atoms with Gasteiger partial charge in [-0.05, 0) is 5.56 Å². The fourth-order valence-electron chi connectivity index (χ4n) is 1.91. The first-order valence-electron chi connectivity index (χ1n) is 5.97. The summed E-state index contributed by atoms with van der Waals surface area (Å²) < 4.78 is 5.68. The predicted molar refractivity (Wildman–Crippen MR) is 72.6 cm³/mol. The molecule has 2 aromatic rings. The summed E-state index contributed by atoms with van der Waals surface area (Å²) in [4.78, 5) is 37.3. The minimum Gasteiger partial charge on any atom is -0.467 e. The maximum absolute atomic E-state index is 12.0. The fourth-order valence-corrected chi connectivity index (χ4v) is 1.91. The molecule has 1 atom stereocenters. The highest BCUT2D eigenvalue weighted by Gasteiger charge is 2.25. The minimum atomic E-state index is -1.08. The van der Waals surface area contributed by atoms with Gasteiger partial charge >= 0.3 is 11.7 Å². The van der Waals surface area contributed by atoms with Crippen LogP contribution in [0.1, 0.15) is 17.2 Å². The summed E-state index contributed by atoms with van der Waals surface area (Å²) in [5, 5.41) is 8.88. The first-order valence-corrected chi connectivity index (χ1v) is 5.97. The van der Waals surface area contributed by atoms with Crippen molar-refractivity contribution < 1.29 is 9.53 Å². The molecular formula is C14H11N3O4. The van der Waals surface area contributed by atoms with Crippen molar-refractivity contribution in [3.05, 3.63) is 68.5 Å². The lowest BCUT2D eigenvalue weighted by molar-refractivity contribution is -0.143. The molecule has 0 saturated heterocycles. The second kappa shape index (κ2) is 5.88. The molecule has 7 heteroatoms. The topological polar surface area (TPSA) is 105 Å². The van der Waals surface area contributed by atoms with E-state index in [1.807, 2.05) is 4.98 Å². The van der Waals surface area contributed by atoms with Crippen molar-refractivity contribution >= 4 is 5.97 Å². The van der Waals surface area contributed by atoms with Gasteiger partial charge < -0.3 is 4.74 Å². The number of aromatic amines is 1. The van der Waals surface area contributed by atoms with Crippen LogP contribution in [0.2, 0.25) is 0 Å². The number of hydrogen-bond donors (Lipinski definition) is 1. The second-order valence-electron chi connectivity index (χ2n) is 4.16. The third kappa shape index (κ3) is 2.74. The van der Waals surface area contributed by atoms with Crippen LogP contribution in [0.4, 0.5) is 0 Å². The van der Waals surface area contributed by atoms with Crippen molar-refractivity contribution in [3.63, 3.8) is 0 Å². The van der Waals surface area contributed by atoms with Gasteiger partial charge in [-0.2, -0.15) is 5.26 Å². The SMILES string of the molecule is COC(=O)C(c1ccccc1)n1cc(C#N)c(=O)[nH]c1=O. The number of methoxy groups -OCH3 is 1. The van der Waals surface area contributed by atoms with Gasteiger partial charge in [0.15, 0.2) is 6.04 Å². The number of hydrogen-bond acceptors (Lipinski definition) is 5. The number of nitriles is 1. The first-order chi connectivity index (χ1) is 10.1. The number of benzene rings is 1. The quantitative estimate of drug-likeness (QED) is 0.809. The number of H-pyrrole nitrogens is 1. The molecule has 106 valence electrons. The fraction of sp³-hybridized carbons (Fsp3) is 0.143. The average molecular weight is 285 g/mol. The van der Waals surface area contributed by atoms with Crippen LogP contribution in [0, 0.1) is 11.3 Å². The molecule has 1 unspecified atom stereocenters. The Kier molecular flexibility index (Phi) is 4.00. The van der Waals surface area contributed by atoms with Crippen molar-refractivity contribution in [2.24, 2.45) is 0 Å². The van der Waals surface area contributed by atoms with E-state index in [9.17, 15) is 14.4 Å². The van der Waals surface area contributed by atoms with Gasteiger partial charge in [-0.1, -0.05) is 30.3 Å². The Labute approximate surface area is 119 Å². The lowest BCUT2D eigenvalue weighted by Gasteiger charge is -2.17. The van der Waals surface area contributed by atoms with E-state index in [0.29, 0.717) is 5.56 Å². The molecule has 0 radical (unpaired) electrons. The van der Waals surface area contributed by atoms with Gasteiger partial charge in [0.05, 0.1) is 7.11 Å². The van der Waals surface area contributed by atoms with Crippen LogP contribution in [0.15, 0.2) is 46.1 Å². The predicted octanol–water partition coefficient (Wildman–Crippen LogP) is 0.171. The van der Waals surface area contributed by atoms with Crippen LogP contribution in [0.5, 0.6) is 0 Å². The minimum absolute atomic E-state index is 0.264. The zero-order chi connectivity index (χ0) is 15.4. The Morgan fingerprint density at radius 2 is 2.00 bits per heavy atom. The smallest absolute Gasteiger partial charge is 0.333 e. The summed E-state index contributed by atoms with van der Waals surface area (Å²) in [5.41, 5.74) is -1.35. The van der Waals surface area contributed by atoms with Gasteiger partial charge in [-0.15, -0.1) is 0 Å². The molecule has 7 nitrogen and oxygen atoms in total. The highest BCUT2D eigenvalue weighted by molar-refractivity contribution is 5.78. The number of carbonyl (C=O) groups excluding carboxylic acids is 1. The highest BCUT2D eigenvalue weighted by atomic mass is 16.5. The molecule has 0 aliphatic rings. The number of nitrogens with zero attached hydrogens (tertiary/aromatic N) is 2. The molecule has 0 saturated carbocycles. The van der Waals surface area contributed by atoms with Crippen LogP contribution >= 0.6 is 0 Å². The summed E-state index contributed by atoms with van der Waals surface area (Å²) >= 11 is 0. The van der Waals surface area contributed by atoms with E-state index in [0.717, 1.165) is 10.8 Å². The molecule has 0 aliphatic carbocycles. The van der Waals surface area contributed by atoms with Crippen molar-refractivity contribution in [1.82, 2.24) is 9.55 Å². The lowest BCUT2D eigenvalue weighted by atomic mass is 10.1. The maximum atomic E-state index is 12.0. The van der Waals surface area contributed by atoms with E-state index in [4.69, 9.17) is 10.00 Å². The van der Waals surface area contributed by atoms with Crippen LogP contribution in [-0.2, 0) is 9.53 Å². The molecule has 0 aliphatic heterocycles.